The lowest BCUT2D eigenvalue weighted by Crippen LogP contribution is -2.13. The Morgan fingerprint density at radius 3 is 1.57 bits per heavy atom. The summed E-state index contributed by atoms with van der Waals surface area (Å²) < 4.78 is 5.44. The minimum atomic E-state index is -0.432. The molecule has 0 saturated carbocycles. The third-order valence-electron chi connectivity index (χ3n) is 3.90. The Kier molecular flexibility index (Phi) is 4.58. The Hall–Kier alpha value is -1.53. The van der Waals surface area contributed by atoms with Gasteiger partial charge in [0.2, 0.25) is 0 Å². The van der Waals surface area contributed by atoms with Crippen LogP contribution in [0, 0.1) is 27.7 Å². The van der Waals surface area contributed by atoms with E-state index in [2.05, 4.69) is 44.8 Å². The van der Waals surface area contributed by atoms with Crippen LogP contribution in [0.5, 0.6) is 11.5 Å². The summed E-state index contributed by atoms with van der Waals surface area (Å²) in [6, 6.07) is 8.63. The first kappa shape index (κ1) is 15.9. The summed E-state index contributed by atoms with van der Waals surface area (Å²) in [6.45, 7) is 10.4. The van der Waals surface area contributed by atoms with Crippen LogP contribution in [0.4, 0.5) is 0 Å². The summed E-state index contributed by atoms with van der Waals surface area (Å²) in [6.07, 6.45) is 0. The van der Waals surface area contributed by atoms with Crippen LogP contribution in [0.1, 0.15) is 22.3 Å². The molecule has 0 amide bonds. The van der Waals surface area contributed by atoms with E-state index in [1.807, 2.05) is 13.8 Å². The van der Waals surface area contributed by atoms with Crippen molar-refractivity contribution in [2.24, 2.45) is 0 Å². The molecule has 0 aliphatic rings. The van der Waals surface area contributed by atoms with E-state index in [4.69, 9.17) is 4.74 Å². The molecule has 3 heteroatoms. The molecule has 0 aliphatic carbocycles. The van der Waals surface area contributed by atoms with E-state index >= 15 is 0 Å². The normalized spacial score (nSPS) is 12.3. The van der Waals surface area contributed by atoms with Crippen LogP contribution in [-0.4, -0.2) is 18.9 Å². The zero-order valence-corrected chi connectivity index (χ0v) is 14.5. The average Bonchev–Trinajstić information content (AvgIpc) is 2.43. The first-order valence-electron chi connectivity index (χ1n) is 7.04. The molecule has 0 heterocycles. The van der Waals surface area contributed by atoms with Crippen LogP contribution in [-0.2, 0) is 0 Å². The Morgan fingerprint density at radius 2 is 1.19 bits per heavy atom. The predicted octanol–water partition coefficient (Wildman–Crippen LogP) is 3.70. The lowest BCUT2D eigenvalue weighted by molar-refractivity contribution is 0.408. The summed E-state index contributed by atoms with van der Waals surface area (Å²) in [4.78, 5) is 0. The molecule has 1 N–H and O–H groups in total. The first-order valence-corrected chi connectivity index (χ1v) is 8.83. The van der Waals surface area contributed by atoms with E-state index in [1.165, 1.54) is 21.7 Å². The quantitative estimate of drug-likeness (QED) is 0.876. The van der Waals surface area contributed by atoms with Crippen LogP contribution in [0.15, 0.2) is 24.3 Å². The highest BCUT2D eigenvalue weighted by molar-refractivity contribution is 7.72. The SMILES string of the molecule is COc1c(C)cc(P(C)c2cc(C)c(O)c(C)c2)cc1C. The number of aryl methyl sites for hydroxylation is 4. The Morgan fingerprint density at radius 1 is 0.810 bits per heavy atom. The Bertz CT molecular complexity index is 631. The van der Waals surface area contributed by atoms with Gasteiger partial charge >= 0.3 is 0 Å². The van der Waals surface area contributed by atoms with Gasteiger partial charge in [-0.25, -0.2) is 0 Å². The molecule has 0 fully saturated rings. The molecule has 0 aliphatic heterocycles. The zero-order valence-electron chi connectivity index (χ0n) is 13.6. The second kappa shape index (κ2) is 6.07. The van der Waals surface area contributed by atoms with E-state index < -0.39 is 7.92 Å². The summed E-state index contributed by atoms with van der Waals surface area (Å²) >= 11 is 0. The molecule has 112 valence electrons. The first-order chi connectivity index (χ1) is 9.85. The largest absolute Gasteiger partial charge is 0.507 e. The smallest absolute Gasteiger partial charge is 0.124 e. The number of rotatable bonds is 3. The average molecular weight is 302 g/mol. The highest BCUT2D eigenvalue weighted by Crippen LogP contribution is 2.34. The third kappa shape index (κ3) is 3.06. The summed E-state index contributed by atoms with van der Waals surface area (Å²) in [5.41, 5.74) is 4.24. The fourth-order valence-electron chi connectivity index (χ4n) is 2.72. The Balaban J connectivity index is 2.47. The van der Waals surface area contributed by atoms with Gasteiger partial charge in [0, 0.05) is 0 Å². The third-order valence-corrected chi connectivity index (χ3v) is 5.97. The fraction of sp³-hybridized carbons (Fsp3) is 0.333. The van der Waals surface area contributed by atoms with E-state index in [9.17, 15) is 5.11 Å². The fourth-order valence-corrected chi connectivity index (χ4v) is 4.57. The molecular weight excluding hydrogens is 279 g/mol. The van der Waals surface area contributed by atoms with Crippen molar-refractivity contribution in [2.75, 3.05) is 13.8 Å². The van der Waals surface area contributed by atoms with Gasteiger partial charge in [-0.2, -0.15) is 0 Å². The molecule has 1 unspecified atom stereocenters. The molecule has 21 heavy (non-hydrogen) atoms. The maximum absolute atomic E-state index is 9.93. The van der Waals surface area contributed by atoms with Gasteiger partial charge in [-0.05, 0) is 99.4 Å². The van der Waals surface area contributed by atoms with E-state index in [0.717, 1.165) is 16.9 Å². The van der Waals surface area contributed by atoms with Gasteiger partial charge in [-0.1, -0.05) is 0 Å². The molecule has 2 aromatic rings. The maximum atomic E-state index is 9.93. The van der Waals surface area contributed by atoms with Gasteiger partial charge in [-0.3, -0.25) is 0 Å². The van der Waals surface area contributed by atoms with Gasteiger partial charge in [-0.15, -0.1) is 0 Å². The molecule has 2 rings (SSSR count). The molecule has 0 spiro atoms. The maximum Gasteiger partial charge on any atom is 0.124 e. The van der Waals surface area contributed by atoms with E-state index in [1.54, 1.807) is 7.11 Å². The highest BCUT2D eigenvalue weighted by atomic mass is 31.1. The van der Waals surface area contributed by atoms with Gasteiger partial charge < -0.3 is 9.84 Å². The number of phenols is 1. The lowest BCUT2D eigenvalue weighted by atomic mass is 10.1. The number of benzene rings is 2. The molecule has 0 saturated heterocycles. The zero-order chi connectivity index (χ0) is 15.7. The van der Waals surface area contributed by atoms with Crippen LogP contribution in [0.2, 0.25) is 0 Å². The van der Waals surface area contributed by atoms with Crippen LogP contribution < -0.4 is 15.3 Å². The minimum absolute atomic E-state index is 0.407. The molecule has 0 bridgehead atoms. The number of ether oxygens (including phenoxy) is 1. The lowest BCUT2D eigenvalue weighted by Gasteiger charge is -2.18. The number of aromatic hydroxyl groups is 1. The summed E-state index contributed by atoms with van der Waals surface area (Å²) in [5, 5.41) is 12.6. The summed E-state index contributed by atoms with van der Waals surface area (Å²) in [7, 11) is 1.29. The van der Waals surface area contributed by atoms with Gasteiger partial charge in [0.15, 0.2) is 0 Å². The monoisotopic (exact) mass is 302 g/mol. The van der Waals surface area contributed by atoms with Crippen molar-refractivity contribution in [2.45, 2.75) is 27.7 Å². The molecule has 2 nitrogen and oxygen atoms in total. The van der Waals surface area contributed by atoms with Crippen molar-refractivity contribution in [3.8, 4) is 11.5 Å². The highest BCUT2D eigenvalue weighted by Gasteiger charge is 2.14. The van der Waals surface area contributed by atoms with Crippen LogP contribution in [0.3, 0.4) is 0 Å². The van der Waals surface area contributed by atoms with Crippen molar-refractivity contribution in [3.05, 3.63) is 46.5 Å². The second-order valence-corrected chi connectivity index (χ2v) is 7.75. The van der Waals surface area contributed by atoms with E-state index in [-0.39, 0.29) is 0 Å². The van der Waals surface area contributed by atoms with Crippen LogP contribution >= 0.6 is 7.92 Å². The predicted molar refractivity (Wildman–Crippen MR) is 92.2 cm³/mol. The molecule has 0 aromatic heterocycles. The van der Waals surface area contributed by atoms with Crippen molar-refractivity contribution in [1.82, 2.24) is 0 Å². The molecule has 0 radical (unpaired) electrons. The van der Waals surface area contributed by atoms with Crippen LogP contribution in [0.25, 0.3) is 0 Å². The van der Waals surface area contributed by atoms with Gasteiger partial charge in [0.25, 0.3) is 0 Å². The van der Waals surface area contributed by atoms with E-state index in [0.29, 0.717) is 5.75 Å². The topological polar surface area (TPSA) is 29.5 Å². The van der Waals surface area contributed by atoms with Crippen molar-refractivity contribution >= 4 is 18.5 Å². The number of methoxy groups -OCH3 is 1. The standard InChI is InChI=1S/C18H23O2P/c1-11-7-15(8-12(2)17(11)19)21(6)16-9-13(3)18(20-5)14(4)10-16/h7-10,19H,1-6H3. The number of phenolic OH excluding ortho intramolecular Hbond substituents is 1. The molecule has 1 atom stereocenters. The van der Waals surface area contributed by atoms with Gasteiger partial charge in [0.05, 0.1) is 7.11 Å². The number of hydrogen-bond acceptors (Lipinski definition) is 2. The van der Waals surface area contributed by atoms with Crippen molar-refractivity contribution < 1.29 is 9.84 Å². The van der Waals surface area contributed by atoms with Crippen molar-refractivity contribution in [1.29, 1.82) is 0 Å². The van der Waals surface area contributed by atoms with Crippen molar-refractivity contribution in [3.63, 3.8) is 0 Å². The Labute approximate surface area is 128 Å². The summed E-state index contributed by atoms with van der Waals surface area (Å²) in [5.74, 6) is 1.38. The second-order valence-electron chi connectivity index (χ2n) is 5.60. The number of hydrogen-bond donors (Lipinski definition) is 1. The molecule has 2 aromatic carbocycles. The molecular formula is C18H23O2P. The minimum Gasteiger partial charge on any atom is -0.507 e. The van der Waals surface area contributed by atoms with Gasteiger partial charge in [0.1, 0.15) is 11.5 Å².